The highest BCUT2D eigenvalue weighted by Gasteiger charge is 2.13. The summed E-state index contributed by atoms with van der Waals surface area (Å²) < 4.78 is 0. The van der Waals surface area contributed by atoms with E-state index in [-0.39, 0.29) is 0 Å². The molecule has 1 N–H and O–H groups in total. The van der Waals surface area contributed by atoms with Crippen molar-refractivity contribution >= 4 is 0 Å². The molecule has 0 spiro atoms. The smallest absolute Gasteiger partial charge is 0.0575 e. The second-order valence-electron chi connectivity index (χ2n) is 3.14. The Balaban J connectivity index is 2.13. The molecule has 11 heavy (non-hydrogen) atoms. The summed E-state index contributed by atoms with van der Waals surface area (Å²) in [6.07, 6.45) is 3.97. The normalized spacial score (nSPS) is 25.9. The minimum Gasteiger partial charge on any atom is -0.313 e. The summed E-state index contributed by atoms with van der Waals surface area (Å²) in [5, 5.41) is 5.34. The number of hydrogen-bond donors (Lipinski definition) is 1. The van der Waals surface area contributed by atoms with Crippen LogP contribution < -0.4 is 5.32 Å². The van der Waals surface area contributed by atoms with Gasteiger partial charge in [0.2, 0.25) is 0 Å². The molecule has 0 aliphatic carbocycles. The Bertz CT molecular complexity index is 102. The van der Waals surface area contributed by atoms with Gasteiger partial charge < -0.3 is 10.2 Å². The van der Waals surface area contributed by atoms with Crippen LogP contribution in [-0.4, -0.2) is 38.4 Å². The first-order valence-corrected chi connectivity index (χ1v) is 4.31. The molecule has 0 aromatic heterocycles. The van der Waals surface area contributed by atoms with Crippen LogP contribution in [0.5, 0.6) is 0 Å². The zero-order chi connectivity index (χ0) is 8.10. The molecule has 0 aromatic carbocycles. The van der Waals surface area contributed by atoms with Gasteiger partial charge in [0.15, 0.2) is 0 Å². The van der Waals surface area contributed by atoms with Crippen molar-refractivity contribution in [3.8, 4) is 0 Å². The first-order chi connectivity index (χ1) is 5.33. The predicted molar refractivity (Wildman–Crippen MR) is 45.3 cm³/mol. The van der Waals surface area contributed by atoms with Crippen molar-refractivity contribution in [2.45, 2.75) is 25.3 Å². The molecule has 66 valence electrons. The Labute approximate surface area is 68.7 Å². The molecule has 0 amide bonds. The molecule has 0 radical (unpaired) electrons. The van der Waals surface area contributed by atoms with Gasteiger partial charge in [-0.3, -0.25) is 0 Å². The Kier molecular flexibility index (Phi) is 3.83. The van der Waals surface area contributed by atoms with E-state index in [0.29, 0.717) is 6.04 Å². The van der Waals surface area contributed by atoms with Crippen LogP contribution in [0.3, 0.4) is 0 Å². The van der Waals surface area contributed by atoms with Crippen molar-refractivity contribution in [1.82, 2.24) is 10.4 Å². The van der Waals surface area contributed by atoms with Crippen LogP contribution in [0.1, 0.15) is 19.3 Å². The fraction of sp³-hybridized carbons (Fsp3) is 1.00. The standard InChI is InChI=1S/C8H18N2O/c1-10(11-2)7-8-5-3-4-6-9-8/h8-9H,3-7H2,1-2H3. The number of hydrogen-bond acceptors (Lipinski definition) is 3. The van der Waals surface area contributed by atoms with Crippen LogP contribution in [0.15, 0.2) is 0 Å². The van der Waals surface area contributed by atoms with Crippen LogP contribution in [-0.2, 0) is 4.84 Å². The molecule has 1 aliphatic rings. The highest BCUT2D eigenvalue weighted by atomic mass is 16.7. The number of likely N-dealkylation sites (N-methyl/N-ethyl adjacent to an activating group) is 1. The largest absolute Gasteiger partial charge is 0.313 e. The number of nitrogens with one attached hydrogen (secondary N) is 1. The van der Waals surface area contributed by atoms with Gasteiger partial charge in [0.05, 0.1) is 7.11 Å². The molecule has 1 fully saturated rings. The van der Waals surface area contributed by atoms with Gasteiger partial charge in [-0.1, -0.05) is 6.42 Å². The minimum absolute atomic E-state index is 0.633. The summed E-state index contributed by atoms with van der Waals surface area (Å²) in [5.74, 6) is 0. The third kappa shape index (κ3) is 3.18. The average molecular weight is 158 g/mol. The maximum Gasteiger partial charge on any atom is 0.0575 e. The number of rotatable bonds is 3. The van der Waals surface area contributed by atoms with Crippen molar-refractivity contribution in [2.24, 2.45) is 0 Å². The van der Waals surface area contributed by atoms with Gasteiger partial charge in [0, 0.05) is 19.6 Å². The van der Waals surface area contributed by atoms with Gasteiger partial charge in [-0.15, -0.1) is 0 Å². The van der Waals surface area contributed by atoms with Crippen molar-refractivity contribution in [3.05, 3.63) is 0 Å². The molecule has 3 nitrogen and oxygen atoms in total. The van der Waals surface area contributed by atoms with E-state index in [1.54, 1.807) is 7.11 Å². The van der Waals surface area contributed by atoms with Crippen LogP contribution in [0.2, 0.25) is 0 Å². The average Bonchev–Trinajstić information content (AvgIpc) is 2.06. The fourth-order valence-electron chi connectivity index (χ4n) is 1.46. The predicted octanol–water partition coefficient (Wildman–Crippen LogP) is 0.622. The number of hydroxylamine groups is 2. The quantitative estimate of drug-likeness (QED) is 0.609. The number of piperidine rings is 1. The lowest BCUT2D eigenvalue weighted by atomic mass is 10.1. The van der Waals surface area contributed by atoms with Gasteiger partial charge >= 0.3 is 0 Å². The highest BCUT2D eigenvalue weighted by Crippen LogP contribution is 2.07. The molecule has 1 heterocycles. The topological polar surface area (TPSA) is 24.5 Å². The van der Waals surface area contributed by atoms with Crippen LogP contribution in [0.4, 0.5) is 0 Å². The summed E-state index contributed by atoms with van der Waals surface area (Å²) in [7, 11) is 3.68. The van der Waals surface area contributed by atoms with E-state index in [1.807, 2.05) is 12.1 Å². The lowest BCUT2D eigenvalue weighted by molar-refractivity contribution is -0.114. The van der Waals surface area contributed by atoms with Crippen molar-refractivity contribution in [3.63, 3.8) is 0 Å². The second-order valence-corrected chi connectivity index (χ2v) is 3.14. The molecule has 1 saturated heterocycles. The maximum absolute atomic E-state index is 5.05. The third-order valence-corrected chi connectivity index (χ3v) is 2.20. The van der Waals surface area contributed by atoms with E-state index >= 15 is 0 Å². The SMILES string of the molecule is CON(C)CC1CCCCN1. The Hall–Kier alpha value is -0.120. The fourth-order valence-corrected chi connectivity index (χ4v) is 1.46. The molecule has 1 aliphatic heterocycles. The molecular formula is C8H18N2O. The first kappa shape index (κ1) is 8.97. The molecule has 1 unspecified atom stereocenters. The van der Waals surface area contributed by atoms with Gasteiger partial charge in [-0.05, 0) is 19.4 Å². The molecule has 0 bridgehead atoms. The zero-order valence-electron chi connectivity index (χ0n) is 7.47. The third-order valence-electron chi connectivity index (χ3n) is 2.20. The second kappa shape index (κ2) is 4.70. The first-order valence-electron chi connectivity index (χ1n) is 4.31. The lowest BCUT2D eigenvalue weighted by Gasteiger charge is -2.26. The molecule has 1 rings (SSSR count). The van der Waals surface area contributed by atoms with E-state index in [2.05, 4.69) is 5.32 Å². The molecule has 0 saturated carbocycles. The summed E-state index contributed by atoms with van der Waals surface area (Å²) >= 11 is 0. The molecule has 3 heteroatoms. The summed E-state index contributed by atoms with van der Waals surface area (Å²) in [4.78, 5) is 5.05. The Morgan fingerprint density at radius 1 is 1.55 bits per heavy atom. The van der Waals surface area contributed by atoms with Crippen LogP contribution in [0.25, 0.3) is 0 Å². The Morgan fingerprint density at radius 3 is 2.91 bits per heavy atom. The van der Waals surface area contributed by atoms with Crippen molar-refractivity contribution in [2.75, 3.05) is 27.2 Å². The molecular weight excluding hydrogens is 140 g/mol. The van der Waals surface area contributed by atoms with E-state index in [9.17, 15) is 0 Å². The van der Waals surface area contributed by atoms with Crippen LogP contribution in [0, 0.1) is 0 Å². The lowest BCUT2D eigenvalue weighted by Crippen LogP contribution is -2.42. The van der Waals surface area contributed by atoms with Gasteiger partial charge in [0.1, 0.15) is 0 Å². The van der Waals surface area contributed by atoms with Crippen LogP contribution >= 0.6 is 0 Å². The van der Waals surface area contributed by atoms with Gasteiger partial charge in [0.25, 0.3) is 0 Å². The van der Waals surface area contributed by atoms with Crippen molar-refractivity contribution < 1.29 is 4.84 Å². The Morgan fingerprint density at radius 2 is 2.36 bits per heavy atom. The zero-order valence-corrected chi connectivity index (χ0v) is 7.47. The van der Waals surface area contributed by atoms with Crippen molar-refractivity contribution in [1.29, 1.82) is 0 Å². The maximum atomic E-state index is 5.05. The summed E-state index contributed by atoms with van der Waals surface area (Å²) in [6.45, 7) is 2.17. The van der Waals surface area contributed by atoms with Gasteiger partial charge in [-0.25, -0.2) is 0 Å². The van der Waals surface area contributed by atoms with Gasteiger partial charge in [-0.2, -0.15) is 5.06 Å². The van der Waals surface area contributed by atoms with E-state index < -0.39 is 0 Å². The molecule has 1 atom stereocenters. The minimum atomic E-state index is 0.633. The highest BCUT2D eigenvalue weighted by molar-refractivity contribution is 4.72. The summed E-state index contributed by atoms with van der Waals surface area (Å²) in [5.41, 5.74) is 0. The molecule has 0 aromatic rings. The summed E-state index contributed by atoms with van der Waals surface area (Å²) in [6, 6.07) is 0.633. The monoisotopic (exact) mass is 158 g/mol. The van der Waals surface area contributed by atoms with E-state index in [1.165, 1.54) is 25.8 Å². The van der Waals surface area contributed by atoms with E-state index in [4.69, 9.17) is 4.84 Å². The van der Waals surface area contributed by atoms with E-state index in [0.717, 1.165) is 6.54 Å². The number of nitrogens with zero attached hydrogens (tertiary/aromatic N) is 1.